The summed E-state index contributed by atoms with van der Waals surface area (Å²) in [5.41, 5.74) is 2.74. The van der Waals surface area contributed by atoms with E-state index in [-0.39, 0.29) is 6.10 Å². The number of nitrogens with zero attached hydrogens (tertiary/aromatic N) is 2. The van der Waals surface area contributed by atoms with Crippen LogP contribution in [0.1, 0.15) is 5.56 Å². The molecule has 0 radical (unpaired) electrons. The average Bonchev–Trinajstić information content (AvgIpc) is 2.87. The summed E-state index contributed by atoms with van der Waals surface area (Å²) >= 11 is 0. The van der Waals surface area contributed by atoms with Gasteiger partial charge in [-0.1, -0.05) is 6.07 Å². The first kappa shape index (κ1) is 12.6. The number of benzene rings is 1. The van der Waals surface area contributed by atoms with E-state index in [4.69, 9.17) is 4.42 Å². The Hall–Kier alpha value is -1.43. The second kappa shape index (κ2) is 5.69. The van der Waals surface area contributed by atoms with Crippen LogP contribution < -0.4 is 5.32 Å². The van der Waals surface area contributed by atoms with E-state index in [0.29, 0.717) is 6.42 Å². The lowest BCUT2D eigenvalue weighted by Crippen LogP contribution is -2.46. The first-order valence-electron chi connectivity index (χ1n) is 6.74. The third-order valence-corrected chi connectivity index (χ3v) is 3.55. The molecule has 2 N–H and O–H groups in total. The van der Waals surface area contributed by atoms with E-state index >= 15 is 0 Å². The standard InChI is InChI=1S/C14H19N3O2/c18-12(9-17-5-3-15-4-6-17)7-11-1-2-13-14(8-11)19-10-16-13/h1-2,8,10,12,15,18H,3-7,9H2. The lowest BCUT2D eigenvalue weighted by molar-refractivity contribution is 0.105. The number of aromatic nitrogens is 1. The average molecular weight is 261 g/mol. The third-order valence-electron chi connectivity index (χ3n) is 3.55. The fourth-order valence-electron chi connectivity index (χ4n) is 2.55. The maximum absolute atomic E-state index is 10.2. The lowest BCUT2D eigenvalue weighted by atomic mass is 10.1. The molecule has 0 aliphatic carbocycles. The van der Waals surface area contributed by atoms with Gasteiger partial charge in [-0.15, -0.1) is 0 Å². The number of nitrogens with one attached hydrogen (secondary N) is 1. The van der Waals surface area contributed by atoms with Gasteiger partial charge < -0.3 is 14.8 Å². The zero-order chi connectivity index (χ0) is 13.1. The van der Waals surface area contributed by atoms with Crippen LogP contribution in [-0.2, 0) is 6.42 Å². The lowest BCUT2D eigenvalue weighted by Gasteiger charge is -2.29. The number of aliphatic hydroxyl groups is 1. The Morgan fingerprint density at radius 3 is 3.05 bits per heavy atom. The SMILES string of the molecule is OC(Cc1ccc2ncoc2c1)CN1CCNCC1. The predicted molar refractivity (Wildman–Crippen MR) is 73.0 cm³/mol. The van der Waals surface area contributed by atoms with Crippen molar-refractivity contribution >= 4 is 11.1 Å². The Bertz CT molecular complexity index is 534. The van der Waals surface area contributed by atoms with Crippen molar-refractivity contribution in [3.05, 3.63) is 30.2 Å². The largest absolute Gasteiger partial charge is 0.443 e. The van der Waals surface area contributed by atoms with E-state index in [2.05, 4.69) is 15.2 Å². The smallest absolute Gasteiger partial charge is 0.181 e. The summed E-state index contributed by atoms with van der Waals surface area (Å²) in [5.74, 6) is 0. The number of hydrogen-bond donors (Lipinski definition) is 2. The zero-order valence-corrected chi connectivity index (χ0v) is 10.9. The number of rotatable bonds is 4. The van der Waals surface area contributed by atoms with Crippen molar-refractivity contribution < 1.29 is 9.52 Å². The number of oxazole rings is 1. The second-order valence-corrected chi connectivity index (χ2v) is 5.06. The minimum Gasteiger partial charge on any atom is -0.443 e. The number of fused-ring (bicyclic) bond motifs is 1. The minimum atomic E-state index is -0.335. The summed E-state index contributed by atoms with van der Waals surface area (Å²) < 4.78 is 5.28. The molecule has 2 heterocycles. The van der Waals surface area contributed by atoms with E-state index in [1.54, 1.807) is 0 Å². The molecule has 0 spiro atoms. The molecule has 5 heteroatoms. The summed E-state index contributed by atoms with van der Waals surface area (Å²) in [4.78, 5) is 6.39. The first-order valence-corrected chi connectivity index (χ1v) is 6.74. The predicted octanol–water partition coefficient (Wildman–Crippen LogP) is 0.636. The number of hydrogen-bond acceptors (Lipinski definition) is 5. The quantitative estimate of drug-likeness (QED) is 0.845. The molecular weight excluding hydrogens is 242 g/mol. The van der Waals surface area contributed by atoms with Crippen LogP contribution >= 0.6 is 0 Å². The van der Waals surface area contributed by atoms with Gasteiger partial charge in [-0.05, 0) is 24.1 Å². The molecule has 102 valence electrons. The molecule has 1 atom stereocenters. The number of piperazine rings is 1. The van der Waals surface area contributed by atoms with Gasteiger partial charge in [0.1, 0.15) is 5.52 Å². The molecule has 3 rings (SSSR count). The van der Waals surface area contributed by atoms with E-state index in [1.807, 2.05) is 18.2 Å². The van der Waals surface area contributed by atoms with Crippen LogP contribution in [0.3, 0.4) is 0 Å². The van der Waals surface area contributed by atoms with Gasteiger partial charge in [0, 0.05) is 32.7 Å². The fraction of sp³-hybridized carbons (Fsp3) is 0.500. The zero-order valence-electron chi connectivity index (χ0n) is 10.9. The van der Waals surface area contributed by atoms with Crippen molar-refractivity contribution in [1.82, 2.24) is 15.2 Å². The van der Waals surface area contributed by atoms with Crippen LogP contribution in [0.15, 0.2) is 29.0 Å². The molecule has 2 aromatic rings. The van der Waals surface area contributed by atoms with Gasteiger partial charge in [0.05, 0.1) is 6.10 Å². The first-order chi connectivity index (χ1) is 9.31. The molecular formula is C14H19N3O2. The van der Waals surface area contributed by atoms with Gasteiger partial charge in [-0.3, -0.25) is 4.90 Å². The van der Waals surface area contributed by atoms with Gasteiger partial charge in [-0.2, -0.15) is 0 Å². The summed E-state index contributed by atoms with van der Waals surface area (Å²) in [6.07, 6.45) is 1.77. The van der Waals surface area contributed by atoms with Crippen molar-refractivity contribution in [3.63, 3.8) is 0 Å². The van der Waals surface area contributed by atoms with Crippen LogP contribution in [0.25, 0.3) is 11.1 Å². The molecule has 1 aromatic heterocycles. The van der Waals surface area contributed by atoms with Crippen molar-refractivity contribution in [2.45, 2.75) is 12.5 Å². The van der Waals surface area contributed by atoms with Crippen LogP contribution in [0.2, 0.25) is 0 Å². The molecule has 1 aromatic carbocycles. The molecule has 1 aliphatic rings. The summed E-state index contributed by atoms with van der Waals surface area (Å²) in [7, 11) is 0. The number of aliphatic hydroxyl groups excluding tert-OH is 1. The van der Waals surface area contributed by atoms with Crippen LogP contribution in [0, 0.1) is 0 Å². The molecule has 1 fully saturated rings. The molecule has 5 nitrogen and oxygen atoms in total. The monoisotopic (exact) mass is 261 g/mol. The second-order valence-electron chi connectivity index (χ2n) is 5.06. The van der Waals surface area contributed by atoms with Gasteiger partial charge in [-0.25, -0.2) is 4.98 Å². The molecule has 1 aliphatic heterocycles. The highest BCUT2D eigenvalue weighted by Crippen LogP contribution is 2.15. The van der Waals surface area contributed by atoms with Gasteiger partial charge in [0.2, 0.25) is 0 Å². The van der Waals surface area contributed by atoms with E-state index in [0.717, 1.165) is 49.4 Å². The summed E-state index contributed by atoms with van der Waals surface area (Å²) in [6, 6.07) is 5.90. The van der Waals surface area contributed by atoms with Gasteiger partial charge in [0.25, 0.3) is 0 Å². The molecule has 19 heavy (non-hydrogen) atoms. The van der Waals surface area contributed by atoms with E-state index < -0.39 is 0 Å². The Morgan fingerprint density at radius 1 is 1.37 bits per heavy atom. The molecule has 0 bridgehead atoms. The minimum absolute atomic E-state index is 0.335. The molecule has 1 saturated heterocycles. The Balaban J connectivity index is 1.59. The summed E-state index contributed by atoms with van der Waals surface area (Å²) in [6.45, 7) is 4.78. The number of β-amino-alcohol motifs (C(OH)–C–C–N with tert-alkyl or cyclic N) is 1. The fourth-order valence-corrected chi connectivity index (χ4v) is 2.55. The highest BCUT2D eigenvalue weighted by Gasteiger charge is 2.15. The van der Waals surface area contributed by atoms with E-state index in [9.17, 15) is 5.11 Å². The maximum Gasteiger partial charge on any atom is 0.181 e. The van der Waals surface area contributed by atoms with Gasteiger partial charge in [0.15, 0.2) is 12.0 Å². The van der Waals surface area contributed by atoms with Crippen molar-refractivity contribution in [1.29, 1.82) is 0 Å². The van der Waals surface area contributed by atoms with Crippen molar-refractivity contribution in [3.8, 4) is 0 Å². The Labute approximate surface area is 112 Å². The molecule has 0 amide bonds. The highest BCUT2D eigenvalue weighted by atomic mass is 16.3. The van der Waals surface area contributed by atoms with Crippen molar-refractivity contribution in [2.24, 2.45) is 0 Å². The molecule has 1 unspecified atom stereocenters. The summed E-state index contributed by atoms with van der Waals surface area (Å²) in [5, 5.41) is 13.5. The molecule has 0 saturated carbocycles. The van der Waals surface area contributed by atoms with E-state index in [1.165, 1.54) is 6.39 Å². The third kappa shape index (κ3) is 3.12. The van der Waals surface area contributed by atoms with Crippen LogP contribution in [0.5, 0.6) is 0 Å². The van der Waals surface area contributed by atoms with Crippen LogP contribution in [-0.4, -0.2) is 53.8 Å². The van der Waals surface area contributed by atoms with Crippen LogP contribution in [0.4, 0.5) is 0 Å². The van der Waals surface area contributed by atoms with Crippen molar-refractivity contribution in [2.75, 3.05) is 32.7 Å². The normalized spacial score (nSPS) is 18.8. The highest BCUT2D eigenvalue weighted by molar-refractivity contribution is 5.72. The topological polar surface area (TPSA) is 61.5 Å². The maximum atomic E-state index is 10.2. The Morgan fingerprint density at radius 2 is 2.21 bits per heavy atom. The Kier molecular flexibility index (Phi) is 3.77. The van der Waals surface area contributed by atoms with Gasteiger partial charge >= 0.3 is 0 Å².